The number of amides is 2. The average Bonchev–Trinajstić information content (AvgIpc) is 2.90. The molecule has 3 rings (SSSR count). The predicted molar refractivity (Wildman–Crippen MR) is 106 cm³/mol. The number of halogens is 1. The normalized spacial score (nSPS) is 10.6. The molecule has 2 amide bonds. The Bertz CT molecular complexity index is 1030. The Hall–Kier alpha value is -3.48. The lowest BCUT2D eigenvalue weighted by Crippen LogP contribution is -2.15. The van der Waals surface area contributed by atoms with Crippen LogP contribution >= 0.6 is 0 Å². The Morgan fingerprint density at radius 1 is 1.04 bits per heavy atom. The number of hydrogen-bond acceptors (Lipinski definition) is 3. The van der Waals surface area contributed by atoms with E-state index < -0.39 is 0 Å². The first-order valence-corrected chi connectivity index (χ1v) is 8.82. The molecule has 144 valence electrons. The largest absolute Gasteiger partial charge is 0.326 e. The summed E-state index contributed by atoms with van der Waals surface area (Å²) < 4.78 is 14.9. The first-order valence-electron chi connectivity index (χ1n) is 8.82. The fourth-order valence-corrected chi connectivity index (χ4v) is 3.01. The van der Waals surface area contributed by atoms with Crippen LogP contribution in [-0.2, 0) is 16.0 Å². The predicted octanol–water partition coefficient (Wildman–Crippen LogP) is 3.77. The number of rotatable bonds is 5. The molecule has 7 heteroatoms. The molecular formula is C21H21FN4O2. The van der Waals surface area contributed by atoms with E-state index in [1.54, 1.807) is 41.1 Å². The van der Waals surface area contributed by atoms with Crippen LogP contribution in [0.15, 0.2) is 48.5 Å². The SMILES string of the molecule is CC(=O)Nc1cccc(NC(=O)Cc2c(C)nn(-c3ccc(F)cc3)c2C)c1. The molecule has 0 unspecified atom stereocenters. The second-order valence-electron chi connectivity index (χ2n) is 6.52. The van der Waals surface area contributed by atoms with E-state index in [4.69, 9.17) is 0 Å². The molecular weight excluding hydrogens is 359 g/mol. The van der Waals surface area contributed by atoms with Crippen molar-refractivity contribution in [1.29, 1.82) is 0 Å². The minimum atomic E-state index is -0.314. The fraction of sp³-hybridized carbons (Fsp3) is 0.190. The Kier molecular flexibility index (Phi) is 5.54. The third-order valence-electron chi connectivity index (χ3n) is 4.32. The van der Waals surface area contributed by atoms with Crippen LogP contribution in [0.4, 0.5) is 15.8 Å². The van der Waals surface area contributed by atoms with Crippen LogP contribution in [0, 0.1) is 19.7 Å². The van der Waals surface area contributed by atoms with Crippen LogP contribution in [0.25, 0.3) is 5.69 Å². The van der Waals surface area contributed by atoms with Gasteiger partial charge in [-0.05, 0) is 56.3 Å². The first kappa shape index (κ1) is 19.3. The molecule has 0 aliphatic carbocycles. The van der Waals surface area contributed by atoms with Gasteiger partial charge in [0.25, 0.3) is 0 Å². The van der Waals surface area contributed by atoms with Gasteiger partial charge in [-0.3, -0.25) is 9.59 Å². The van der Waals surface area contributed by atoms with Gasteiger partial charge in [-0.25, -0.2) is 9.07 Å². The maximum absolute atomic E-state index is 13.2. The number of anilines is 2. The number of benzene rings is 2. The van der Waals surface area contributed by atoms with Crippen LogP contribution in [0.3, 0.4) is 0 Å². The summed E-state index contributed by atoms with van der Waals surface area (Å²) in [7, 11) is 0. The molecule has 2 aromatic carbocycles. The van der Waals surface area contributed by atoms with Gasteiger partial charge in [0.15, 0.2) is 0 Å². The van der Waals surface area contributed by atoms with Gasteiger partial charge in [-0.15, -0.1) is 0 Å². The van der Waals surface area contributed by atoms with Crippen LogP contribution in [0.5, 0.6) is 0 Å². The number of carbonyl (C=O) groups is 2. The van der Waals surface area contributed by atoms with E-state index in [0.717, 1.165) is 22.6 Å². The monoisotopic (exact) mass is 380 g/mol. The smallest absolute Gasteiger partial charge is 0.228 e. The summed E-state index contributed by atoms with van der Waals surface area (Å²) in [6, 6.07) is 13.0. The summed E-state index contributed by atoms with van der Waals surface area (Å²) in [6.45, 7) is 5.14. The molecule has 6 nitrogen and oxygen atoms in total. The quantitative estimate of drug-likeness (QED) is 0.707. The molecule has 3 aromatic rings. The summed E-state index contributed by atoms with van der Waals surface area (Å²) >= 11 is 0. The third kappa shape index (κ3) is 4.43. The molecule has 0 saturated carbocycles. The lowest BCUT2D eigenvalue weighted by Gasteiger charge is -2.09. The van der Waals surface area contributed by atoms with Gasteiger partial charge >= 0.3 is 0 Å². The van der Waals surface area contributed by atoms with E-state index in [2.05, 4.69) is 15.7 Å². The third-order valence-corrected chi connectivity index (χ3v) is 4.32. The van der Waals surface area contributed by atoms with Crippen molar-refractivity contribution in [2.75, 3.05) is 10.6 Å². The van der Waals surface area contributed by atoms with Gasteiger partial charge in [0.05, 0.1) is 17.8 Å². The molecule has 0 aliphatic heterocycles. The highest BCUT2D eigenvalue weighted by atomic mass is 19.1. The Balaban J connectivity index is 1.76. The van der Waals surface area contributed by atoms with Crippen molar-refractivity contribution < 1.29 is 14.0 Å². The van der Waals surface area contributed by atoms with E-state index in [-0.39, 0.29) is 24.1 Å². The first-order chi connectivity index (χ1) is 13.3. The second-order valence-corrected chi connectivity index (χ2v) is 6.52. The highest BCUT2D eigenvalue weighted by molar-refractivity contribution is 5.94. The molecule has 0 bridgehead atoms. The number of nitrogens with zero attached hydrogens (tertiary/aromatic N) is 2. The number of carbonyl (C=O) groups excluding carboxylic acids is 2. The van der Waals surface area contributed by atoms with Crippen molar-refractivity contribution in [2.45, 2.75) is 27.2 Å². The van der Waals surface area contributed by atoms with Crippen molar-refractivity contribution in [3.05, 3.63) is 71.3 Å². The van der Waals surface area contributed by atoms with Crippen LogP contribution < -0.4 is 10.6 Å². The fourth-order valence-electron chi connectivity index (χ4n) is 3.01. The molecule has 0 atom stereocenters. The lowest BCUT2D eigenvalue weighted by molar-refractivity contribution is -0.116. The van der Waals surface area contributed by atoms with Gasteiger partial charge < -0.3 is 10.6 Å². The zero-order valence-corrected chi connectivity index (χ0v) is 15.9. The van der Waals surface area contributed by atoms with Gasteiger partial charge in [0.2, 0.25) is 11.8 Å². The summed E-state index contributed by atoms with van der Waals surface area (Å²) in [5.41, 5.74) is 4.33. The molecule has 0 spiro atoms. The standard InChI is InChI=1S/C21H21FN4O2/c1-13-20(14(2)26(25-13)19-9-7-16(22)8-10-19)12-21(28)24-18-6-4-5-17(11-18)23-15(3)27/h4-11H,12H2,1-3H3,(H,23,27)(H,24,28). The topological polar surface area (TPSA) is 76.0 Å². The molecule has 1 heterocycles. The number of aromatic nitrogens is 2. The van der Waals surface area contributed by atoms with E-state index in [9.17, 15) is 14.0 Å². The van der Waals surface area contributed by atoms with E-state index in [0.29, 0.717) is 11.4 Å². The average molecular weight is 380 g/mol. The van der Waals surface area contributed by atoms with Crippen molar-refractivity contribution in [3.63, 3.8) is 0 Å². The van der Waals surface area contributed by atoms with E-state index >= 15 is 0 Å². The van der Waals surface area contributed by atoms with Gasteiger partial charge in [0.1, 0.15) is 5.82 Å². The molecule has 0 aliphatic rings. The summed E-state index contributed by atoms with van der Waals surface area (Å²) in [5.74, 6) is -0.681. The Labute approximate surface area is 162 Å². The molecule has 0 radical (unpaired) electrons. The lowest BCUT2D eigenvalue weighted by atomic mass is 10.1. The van der Waals surface area contributed by atoms with Crippen LogP contribution in [0.1, 0.15) is 23.9 Å². The Morgan fingerprint density at radius 2 is 1.68 bits per heavy atom. The molecule has 28 heavy (non-hydrogen) atoms. The second kappa shape index (κ2) is 8.04. The van der Waals surface area contributed by atoms with Crippen LogP contribution in [-0.4, -0.2) is 21.6 Å². The molecule has 2 N–H and O–H groups in total. The van der Waals surface area contributed by atoms with Crippen LogP contribution in [0.2, 0.25) is 0 Å². The Morgan fingerprint density at radius 3 is 2.32 bits per heavy atom. The highest BCUT2D eigenvalue weighted by Gasteiger charge is 2.16. The maximum atomic E-state index is 13.2. The van der Waals surface area contributed by atoms with Gasteiger partial charge in [-0.2, -0.15) is 5.10 Å². The summed E-state index contributed by atoms with van der Waals surface area (Å²) in [6.07, 6.45) is 0.156. The van der Waals surface area contributed by atoms with Crippen molar-refractivity contribution in [1.82, 2.24) is 9.78 Å². The van der Waals surface area contributed by atoms with Gasteiger partial charge in [-0.1, -0.05) is 6.07 Å². The minimum absolute atomic E-state index is 0.156. The maximum Gasteiger partial charge on any atom is 0.228 e. The van der Waals surface area contributed by atoms with Crippen molar-refractivity contribution >= 4 is 23.2 Å². The highest BCUT2D eigenvalue weighted by Crippen LogP contribution is 2.20. The molecule has 0 saturated heterocycles. The van der Waals surface area contributed by atoms with E-state index in [1.165, 1.54) is 19.1 Å². The molecule has 0 fully saturated rings. The van der Waals surface area contributed by atoms with Crippen molar-refractivity contribution in [2.24, 2.45) is 0 Å². The molecule has 1 aromatic heterocycles. The van der Waals surface area contributed by atoms with Crippen molar-refractivity contribution in [3.8, 4) is 5.69 Å². The zero-order valence-electron chi connectivity index (χ0n) is 15.9. The number of aryl methyl sites for hydroxylation is 1. The van der Waals surface area contributed by atoms with Gasteiger partial charge in [0, 0.05) is 29.6 Å². The number of nitrogens with one attached hydrogen (secondary N) is 2. The van der Waals surface area contributed by atoms with E-state index in [1.807, 2.05) is 13.8 Å². The summed E-state index contributed by atoms with van der Waals surface area (Å²) in [5, 5.41) is 10.0. The minimum Gasteiger partial charge on any atom is -0.326 e. The zero-order chi connectivity index (χ0) is 20.3. The number of hydrogen-bond donors (Lipinski definition) is 2. The summed E-state index contributed by atoms with van der Waals surface area (Å²) in [4.78, 5) is 23.7.